The molecule has 1 amide bonds. The molecule has 0 saturated heterocycles. The molecule has 4 N–H and O–H groups in total. The number of benzene rings is 1. The molecule has 0 radical (unpaired) electrons. The van der Waals surface area contributed by atoms with Gasteiger partial charge in [-0.3, -0.25) is 4.79 Å². The summed E-state index contributed by atoms with van der Waals surface area (Å²) in [6, 6.07) is 7.99. The van der Waals surface area contributed by atoms with Crippen LogP contribution in [-0.4, -0.2) is 11.9 Å². The molecule has 0 aliphatic carbocycles. The van der Waals surface area contributed by atoms with Crippen molar-refractivity contribution in [1.82, 2.24) is 0 Å². The second kappa shape index (κ2) is 5.49. The van der Waals surface area contributed by atoms with Crippen molar-refractivity contribution >= 4 is 17.9 Å². The van der Waals surface area contributed by atoms with Crippen LogP contribution >= 0.6 is 0 Å². The monoisotopic (exact) mass is 245 g/mol. The zero-order valence-corrected chi connectivity index (χ0v) is 11.0. The van der Waals surface area contributed by atoms with E-state index in [0.29, 0.717) is 0 Å². The molecule has 0 aromatic heterocycles. The van der Waals surface area contributed by atoms with E-state index >= 15 is 0 Å². The molecule has 1 rings (SSSR count). The number of nitrogens with two attached hydrogens (primary N) is 2. The van der Waals surface area contributed by atoms with Crippen molar-refractivity contribution in [2.75, 3.05) is 0 Å². The molecular formula is C14H19N3O. The third kappa shape index (κ3) is 4.41. The Kier molecular flexibility index (Phi) is 4.26. The van der Waals surface area contributed by atoms with E-state index in [0.717, 1.165) is 5.56 Å². The number of amides is 1. The Hall–Kier alpha value is -2.10. The molecule has 4 heteroatoms. The van der Waals surface area contributed by atoms with E-state index in [4.69, 9.17) is 11.5 Å². The summed E-state index contributed by atoms with van der Waals surface area (Å²) in [5, 5.41) is 0. The third-order valence-electron chi connectivity index (χ3n) is 2.41. The van der Waals surface area contributed by atoms with Crippen LogP contribution in [0.2, 0.25) is 0 Å². The van der Waals surface area contributed by atoms with Gasteiger partial charge in [-0.05, 0) is 22.6 Å². The Morgan fingerprint density at radius 1 is 1.28 bits per heavy atom. The Morgan fingerprint density at radius 2 is 1.94 bits per heavy atom. The van der Waals surface area contributed by atoms with Crippen LogP contribution in [0.1, 0.15) is 31.9 Å². The number of rotatable bonds is 2. The van der Waals surface area contributed by atoms with Gasteiger partial charge in [0, 0.05) is 6.08 Å². The molecule has 0 bridgehead atoms. The minimum atomic E-state index is -0.462. The van der Waals surface area contributed by atoms with Crippen molar-refractivity contribution in [3.05, 3.63) is 41.5 Å². The lowest BCUT2D eigenvalue weighted by Crippen LogP contribution is -2.23. The number of carbonyl (C=O) groups excluding carboxylic acids is 1. The van der Waals surface area contributed by atoms with Crippen molar-refractivity contribution in [2.45, 2.75) is 26.2 Å². The maximum absolute atomic E-state index is 11.3. The van der Waals surface area contributed by atoms with Crippen molar-refractivity contribution in [1.29, 1.82) is 0 Å². The van der Waals surface area contributed by atoms with Gasteiger partial charge in [-0.2, -0.15) is 4.99 Å². The lowest BCUT2D eigenvalue weighted by molar-refractivity contribution is -0.113. The van der Waals surface area contributed by atoms with Crippen LogP contribution in [0.3, 0.4) is 0 Å². The summed E-state index contributed by atoms with van der Waals surface area (Å²) in [5.74, 6) is -0.691. The van der Waals surface area contributed by atoms with Crippen LogP contribution in [0, 0.1) is 0 Å². The zero-order valence-electron chi connectivity index (χ0n) is 11.0. The molecule has 0 aliphatic rings. The molecule has 0 unspecified atom stereocenters. The van der Waals surface area contributed by atoms with E-state index in [9.17, 15) is 4.79 Å². The minimum Gasteiger partial charge on any atom is -0.370 e. The molecule has 4 nitrogen and oxygen atoms in total. The van der Waals surface area contributed by atoms with E-state index in [2.05, 4.69) is 31.8 Å². The second-order valence-electron chi connectivity index (χ2n) is 5.08. The summed E-state index contributed by atoms with van der Waals surface area (Å²) in [6.07, 6.45) is 3.05. The second-order valence-corrected chi connectivity index (χ2v) is 5.08. The quantitative estimate of drug-likeness (QED) is 0.473. The lowest BCUT2D eigenvalue weighted by Gasteiger charge is -2.19. The number of carbonyl (C=O) groups is 1. The smallest absolute Gasteiger partial charge is 0.272 e. The zero-order chi connectivity index (χ0) is 13.8. The van der Waals surface area contributed by atoms with Crippen LogP contribution in [0.5, 0.6) is 0 Å². The largest absolute Gasteiger partial charge is 0.370 e. The summed E-state index contributed by atoms with van der Waals surface area (Å²) in [5.41, 5.74) is 12.5. The van der Waals surface area contributed by atoms with Gasteiger partial charge in [0.15, 0.2) is 5.96 Å². The van der Waals surface area contributed by atoms with Crippen LogP contribution < -0.4 is 11.5 Å². The Bertz CT molecular complexity index is 492. The van der Waals surface area contributed by atoms with Gasteiger partial charge in [0.1, 0.15) is 0 Å². The van der Waals surface area contributed by atoms with Crippen LogP contribution in [0.4, 0.5) is 0 Å². The van der Waals surface area contributed by atoms with Gasteiger partial charge in [0.2, 0.25) is 0 Å². The maximum atomic E-state index is 11.3. The maximum Gasteiger partial charge on any atom is 0.272 e. The first kappa shape index (κ1) is 14.0. The highest BCUT2D eigenvalue weighted by atomic mass is 16.1. The molecule has 0 fully saturated rings. The summed E-state index contributed by atoms with van der Waals surface area (Å²) < 4.78 is 0. The summed E-state index contributed by atoms with van der Waals surface area (Å²) in [4.78, 5) is 14.7. The molecular weight excluding hydrogens is 226 g/mol. The number of hydrogen-bond acceptors (Lipinski definition) is 1. The molecule has 96 valence electrons. The Morgan fingerprint density at radius 3 is 2.50 bits per heavy atom. The first-order valence-electron chi connectivity index (χ1n) is 5.71. The number of guanidine groups is 1. The van der Waals surface area contributed by atoms with Gasteiger partial charge in [-0.15, -0.1) is 0 Å². The average molecular weight is 245 g/mol. The fourth-order valence-electron chi connectivity index (χ4n) is 1.44. The molecule has 0 atom stereocenters. The number of nitrogens with zero attached hydrogens (tertiary/aromatic N) is 1. The van der Waals surface area contributed by atoms with Crippen LogP contribution in [-0.2, 0) is 10.2 Å². The van der Waals surface area contributed by atoms with E-state index in [1.54, 1.807) is 6.08 Å². The Labute approximate surface area is 107 Å². The molecule has 0 saturated carbocycles. The van der Waals surface area contributed by atoms with Crippen LogP contribution in [0.25, 0.3) is 6.08 Å². The number of aliphatic imine (C=N–C) groups is 1. The van der Waals surface area contributed by atoms with Crippen LogP contribution in [0.15, 0.2) is 35.3 Å². The van der Waals surface area contributed by atoms with Crippen molar-refractivity contribution in [3.63, 3.8) is 0 Å². The van der Waals surface area contributed by atoms with E-state index < -0.39 is 5.91 Å². The van der Waals surface area contributed by atoms with Crippen molar-refractivity contribution in [2.24, 2.45) is 16.5 Å². The summed E-state index contributed by atoms with van der Waals surface area (Å²) in [7, 11) is 0. The van der Waals surface area contributed by atoms with Gasteiger partial charge in [0.05, 0.1) is 0 Å². The third-order valence-corrected chi connectivity index (χ3v) is 2.41. The van der Waals surface area contributed by atoms with Crippen molar-refractivity contribution < 1.29 is 4.79 Å². The first-order valence-corrected chi connectivity index (χ1v) is 5.71. The molecule has 0 aliphatic heterocycles. The summed E-state index contributed by atoms with van der Waals surface area (Å²) in [6.45, 7) is 6.42. The normalized spacial score (nSPS) is 11.5. The first-order chi connectivity index (χ1) is 8.29. The topological polar surface area (TPSA) is 81.5 Å². The SMILES string of the molecule is CC(C)(C)c1cccc(/C=C/C(=O)N=C(N)N)c1. The fraction of sp³-hybridized carbons (Fsp3) is 0.286. The van der Waals surface area contributed by atoms with Gasteiger partial charge in [0.25, 0.3) is 5.91 Å². The lowest BCUT2D eigenvalue weighted by atomic mass is 9.86. The average Bonchev–Trinajstić information content (AvgIpc) is 2.25. The molecule has 18 heavy (non-hydrogen) atoms. The predicted molar refractivity (Wildman–Crippen MR) is 75.0 cm³/mol. The van der Waals surface area contributed by atoms with Crippen molar-refractivity contribution in [3.8, 4) is 0 Å². The van der Waals surface area contributed by atoms with Gasteiger partial charge in [-0.25, -0.2) is 0 Å². The molecule has 1 aromatic carbocycles. The minimum absolute atomic E-state index is 0.0771. The van der Waals surface area contributed by atoms with E-state index in [1.807, 2.05) is 18.2 Å². The highest BCUT2D eigenvalue weighted by Gasteiger charge is 2.12. The number of hydrogen-bond donors (Lipinski definition) is 2. The fourth-order valence-corrected chi connectivity index (χ4v) is 1.44. The highest BCUT2D eigenvalue weighted by molar-refractivity contribution is 5.99. The van der Waals surface area contributed by atoms with Gasteiger partial charge < -0.3 is 11.5 Å². The van der Waals surface area contributed by atoms with Gasteiger partial charge in [-0.1, -0.05) is 45.0 Å². The molecule has 0 spiro atoms. The predicted octanol–water partition coefficient (Wildman–Crippen LogP) is 1.80. The molecule has 0 heterocycles. The van der Waals surface area contributed by atoms with E-state index in [1.165, 1.54) is 11.6 Å². The summed E-state index contributed by atoms with van der Waals surface area (Å²) >= 11 is 0. The molecule has 1 aromatic rings. The standard InChI is InChI=1S/C14H19N3O/c1-14(2,3)11-6-4-5-10(9-11)7-8-12(18)17-13(15)16/h4-9H,1-3H3,(H4,15,16,17,18)/b8-7+. The highest BCUT2D eigenvalue weighted by Crippen LogP contribution is 2.23. The van der Waals surface area contributed by atoms with E-state index in [-0.39, 0.29) is 11.4 Å². The Balaban J connectivity index is 2.90. The van der Waals surface area contributed by atoms with Gasteiger partial charge >= 0.3 is 0 Å².